The summed E-state index contributed by atoms with van der Waals surface area (Å²) >= 11 is 4.09. The van der Waals surface area contributed by atoms with Gasteiger partial charge in [0.25, 0.3) is 0 Å². The van der Waals surface area contributed by atoms with E-state index in [4.69, 9.17) is 0 Å². The number of carbonyl (C=O) groups is 3. The summed E-state index contributed by atoms with van der Waals surface area (Å²) in [5, 5.41) is 32.9. The lowest BCUT2D eigenvalue weighted by Gasteiger charge is -2.53. The van der Waals surface area contributed by atoms with Crippen molar-refractivity contribution in [2.75, 3.05) is 23.4 Å². The van der Waals surface area contributed by atoms with Gasteiger partial charge in [0.05, 0.1) is 0 Å². The van der Waals surface area contributed by atoms with Crippen molar-refractivity contribution in [3.05, 3.63) is 29.3 Å². The summed E-state index contributed by atoms with van der Waals surface area (Å²) in [4.78, 5) is 38.5. The molecule has 10 nitrogen and oxygen atoms in total. The van der Waals surface area contributed by atoms with Gasteiger partial charge in [0.15, 0.2) is 4.34 Å². The Morgan fingerprint density at radius 3 is 2.71 bits per heavy atom. The number of benzene rings is 1. The van der Waals surface area contributed by atoms with E-state index in [0.717, 1.165) is 5.01 Å². The van der Waals surface area contributed by atoms with Gasteiger partial charge in [0, 0.05) is 23.7 Å². The number of amides is 3. The van der Waals surface area contributed by atoms with Crippen LogP contribution >= 0.6 is 34.9 Å². The second-order valence-corrected chi connectivity index (χ2v) is 10.8. The van der Waals surface area contributed by atoms with Gasteiger partial charge in [0.2, 0.25) is 5.91 Å². The fourth-order valence-corrected chi connectivity index (χ4v) is 6.97. The van der Waals surface area contributed by atoms with Gasteiger partial charge in [-0.3, -0.25) is 9.59 Å². The zero-order valence-corrected chi connectivity index (χ0v) is 18.7. The predicted octanol–water partition coefficient (Wildman–Crippen LogP) is 1.82. The molecule has 0 radical (unpaired) electrons. The molecular formula is C18H19N5O5S3. The summed E-state index contributed by atoms with van der Waals surface area (Å²) in [5.74, 6) is -0.586. The van der Waals surface area contributed by atoms with Gasteiger partial charge in [0.1, 0.15) is 27.6 Å². The third kappa shape index (κ3) is 4.43. The fraction of sp³-hybridized carbons (Fsp3) is 0.389. The monoisotopic (exact) mass is 481 g/mol. The van der Waals surface area contributed by atoms with Crippen molar-refractivity contribution in [2.45, 2.75) is 22.7 Å². The van der Waals surface area contributed by atoms with Crippen LogP contribution in [0.2, 0.25) is 0 Å². The molecule has 2 unspecified atom stereocenters. The highest BCUT2D eigenvalue weighted by Crippen LogP contribution is 2.44. The molecule has 3 amide bonds. The number of aromatic hydroxyl groups is 1. The maximum atomic E-state index is 12.6. The number of urea groups is 1. The molecule has 2 aliphatic heterocycles. The number of carboxylic acids is 1. The van der Waals surface area contributed by atoms with Crippen molar-refractivity contribution in [1.29, 1.82) is 0 Å². The molecule has 13 heteroatoms. The number of aryl methyl sites for hydroxylation is 1. The van der Waals surface area contributed by atoms with E-state index in [1.54, 1.807) is 0 Å². The average molecular weight is 482 g/mol. The Kier molecular flexibility index (Phi) is 5.99. The van der Waals surface area contributed by atoms with E-state index in [2.05, 4.69) is 20.8 Å². The third-order valence-electron chi connectivity index (χ3n) is 4.99. The summed E-state index contributed by atoms with van der Waals surface area (Å²) in [5.41, 5.74) is -0.621. The van der Waals surface area contributed by atoms with Crippen LogP contribution in [0.5, 0.6) is 5.75 Å². The van der Waals surface area contributed by atoms with E-state index in [1.807, 2.05) is 6.92 Å². The van der Waals surface area contributed by atoms with Gasteiger partial charge in [-0.25, -0.2) is 4.79 Å². The normalized spacial score (nSPS) is 24.8. The van der Waals surface area contributed by atoms with Gasteiger partial charge in [-0.05, 0) is 31.2 Å². The van der Waals surface area contributed by atoms with E-state index < -0.39 is 23.5 Å². The summed E-state index contributed by atoms with van der Waals surface area (Å²) in [7, 11) is 0. The van der Waals surface area contributed by atoms with E-state index >= 15 is 0 Å². The smallest absolute Gasteiger partial charge is 0.319 e. The highest BCUT2D eigenvalue weighted by molar-refractivity contribution is 8.01. The van der Waals surface area contributed by atoms with Crippen LogP contribution in [0.15, 0.2) is 28.6 Å². The zero-order chi connectivity index (χ0) is 22.2. The van der Waals surface area contributed by atoms with Gasteiger partial charge in [-0.2, -0.15) is 0 Å². The SMILES string of the molecule is Cc1nnc(SCC2(C(=O)O)CS[C@@H]3C(NC(=O)Nc4ccc(O)cc4)C(=O)N3C2)s1. The molecule has 4 rings (SSSR count). The Morgan fingerprint density at radius 1 is 1.32 bits per heavy atom. The summed E-state index contributed by atoms with van der Waals surface area (Å²) < 4.78 is 0.700. The van der Waals surface area contributed by atoms with E-state index in [-0.39, 0.29) is 29.3 Å². The number of β-lactam (4-membered cyclic amide) rings is 1. The van der Waals surface area contributed by atoms with Crippen molar-refractivity contribution in [1.82, 2.24) is 20.4 Å². The molecule has 31 heavy (non-hydrogen) atoms. The summed E-state index contributed by atoms with van der Waals surface area (Å²) in [6.07, 6.45) is 0. The van der Waals surface area contributed by atoms with Crippen molar-refractivity contribution in [3.63, 3.8) is 0 Å². The van der Waals surface area contributed by atoms with Crippen LogP contribution in [0, 0.1) is 12.3 Å². The number of anilines is 1. The highest BCUT2D eigenvalue weighted by atomic mass is 32.2. The Labute approximate surface area is 189 Å². The lowest BCUT2D eigenvalue weighted by Crippen LogP contribution is -2.74. The number of rotatable bonds is 6. The number of aliphatic carboxylic acids is 1. The van der Waals surface area contributed by atoms with Gasteiger partial charge in [-0.15, -0.1) is 22.0 Å². The largest absolute Gasteiger partial charge is 0.508 e. The molecule has 0 bridgehead atoms. The minimum absolute atomic E-state index is 0.0794. The molecule has 2 saturated heterocycles. The van der Waals surface area contributed by atoms with E-state index in [0.29, 0.717) is 15.8 Å². The standard InChI is InChI=1S/C18H19N5O5S3/c1-9-21-22-17(31-9)30-8-18(15(26)27)6-23-13(25)12(14(23)29-7-18)20-16(28)19-10-2-4-11(24)5-3-10/h2-5,12,14,24H,6-8H2,1H3,(H,26,27)(H2,19,20,28)/t12?,14-,18?/m1/s1. The number of nitrogens with zero attached hydrogens (tertiary/aromatic N) is 3. The van der Waals surface area contributed by atoms with E-state index in [9.17, 15) is 24.6 Å². The quantitative estimate of drug-likeness (QED) is 0.276. The molecule has 0 spiro atoms. The van der Waals surface area contributed by atoms with Crippen LogP contribution in [-0.2, 0) is 9.59 Å². The second-order valence-electron chi connectivity index (χ2n) is 7.25. The number of hydrogen-bond acceptors (Lipinski definition) is 9. The summed E-state index contributed by atoms with van der Waals surface area (Å²) in [6.45, 7) is 1.92. The Balaban J connectivity index is 1.36. The molecule has 2 aromatic rings. The van der Waals surface area contributed by atoms with Crippen LogP contribution in [0.3, 0.4) is 0 Å². The lowest BCUT2D eigenvalue weighted by molar-refractivity contribution is -0.155. The average Bonchev–Trinajstić information content (AvgIpc) is 3.17. The predicted molar refractivity (Wildman–Crippen MR) is 117 cm³/mol. The van der Waals surface area contributed by atoms with Gasteiger partial charge in [-0.1, -0.05) is 23.1 Å². The number of hydrogen-bond donors (Lipinski definition) is 4. The van der Waals surface area contributed by atoms with Crippen LogP contribution in [0.25, 0.3) is 0 Å². The molecule has 4 N–H and O–H groups in total. The maximum Gasteiger partial charge on any atom is 0.319 e. The number of aromatic nitrogens is 2. The molecule has 3 heterocycles. The minimum Gasteiger partial charge on any atom is -0.508 e. The second kappa shape index (κ2) is 8.55. The lowest BCUT2D eigenvalue weighted by atomic mass is 9.89. The first-order valence-corrected chi connectivity index (χ1v) is 12.1. The topological polar surface area (TPSA) is 145 Å². The fourth-order valence-electron chi connectivity index (χ4n) is 3.30. The van der Waals surface area contributed by atoms with Gasteiger partial charge < -0.3 is 25.7 Å². The van der Waals surface area contributed by atoms with Crippen molar-refractivity contribution in [2.24, 2.45) is 5.41 Å². The molecule has 2 aliphatic rings. The van der Waals surface area contributed by atoms with Crippen molar-refractivity contribution in [3.8, 4) is 5.75 Å². The first kappa shape index (κ1) is 21.7. The molecular weight excluding hydrogens is 462 g/mol. The minimum atomic E-state index is -1.10. The first-order valence-electron chi connectivity index (χ1n) is 9.22. The Morgan fingerprint density at radius 2 is 2.06 bits per heavy atom. The molecule has 1 aromatic carbocycles. The number of phenolic OH excluding ortho intramolecular Hbond substituents is 1. The molecule has 164 valence electrons. The number of thioether (sulfide) groups is 2. The van der Waals surface area contributed by atoms with E-state index in [1.165, 1.54) is 64.0 Å². The van der Waals surface area contributed by atoms with Gasteiger partial charge >= 0.3 is 12.0 Å². The third-order valence-corrected chi connectivity index (χ3v) is 8.84. The number of nitrogens with one attached hydrogen (secondary N) is 2. The first-order chi connectivity index (χ1) is 14.8. The number of fused-ring (bicyclic) bond motifs is 1. The Bertz CT molecular complexity index is 1020. The maximum absolute atomic E-state index is 12.6. The van der Waals surface area contributed by atoms with Crippen molar-refractivity contribution >= 4 is 58.5 Å². The Hall–Kier alpha value is -2.51. The molecule has 0 aliphatic carbocycles. The molecule has 2 fully saturated rings. The summed E-state index contributed by atoms with van der Waals surface area (Å²) in [6, 6.07) is 4.70. The van der Waals surface area contributed by atoms with Crippen LogP contribution in [-0.4, -0.2) is 72.7 Å². The van der Waals surface area contributed by atoms with Crippen LogP contribution < -0.4 is 10.6 Å². The van der Waals surface area contributed by atoms with Crippen LogP contribution in [0.1, 0.15) is 5.01 Å². The number of carbonyl (C=O) groups excluding carboxylic acids is 2. The van der Waals surface area contributed by atoms with Crippen molar-refractivity contribution < 1.29 is 24.6 Å². The molecule has 1 aromatic heterocycles. The van der Waals surface area contributed by atoms with Crippen LogP contribution in [0.4, 0.5) is 10.5 Å². The number of carboxylic acid groups (broad SMARTS) is 1. The number of phenols is 1. The highest BCUT2D eigenvalue weighted by Gasteiger charge is 2.57. The molecule has 0 saturated carbocycles. The molecule has 3 atom stereocenters. The zero-order valence-electron chi connectivity index (χ0n) is 16.3.